The van der Waals surface area contributed by atoms with Gasteiger partial charge in [-0.15, -0.1) is 6.42 Å². The summed E-state index contributed by atoms with van der Waals surface area (Å²) in [5.74, 6) is 4.44. The Hall–Kier alpha value is -0.520. The number of hydrogen-bond acceptors (Lipinski definition) is 2. The molecule has 0 amide bonds. The van der Waals surface area contributed by atoms with Crippen molar-refractivity contribution in [1.82, 2.24) is 10.6 Å². The quantitative estimate of drug-likeness (QED) is 0.442. The highest BCUT2D eigenvalue weighted by Crippen LogP contribution is 2.36. The first-order valence-electron chi connectivity index (χ1n) is 4.69. The normalized spacial score (nSPS) is 26.7. The minimum absolute atomic E-state index is 0.682. The van der Waals surface area contributed by atoms with Gasteiger partial charge in [0.1, 0.15) is 0 Å². The van der Waals surface area contributed by atoms with E-state index in [1.807, 2.05) is 0 Å². The van der Waals surface area contributed by atoms with Gasteiger partial charge in [0.15, 0.2) is 0 Å². The van der Waals surface area contributed by atoms with Crippen molar-refractivity contribution in [3.05, 3.63) is 0 Å². The number of nitrogens with one attached hydrogen (secondary N) is 2. The van der Waals surface area contributed by atoms with Gasteiger partial charge in [0.05, 0.1) is 6.54 Å². The zero-order valence-corrected chi connectivity index (χ0v) is 7.77. The molecule has 2 heteroatoms. The second-order valence-corrected chi connectivity index (χ2v) is 3.56. The minimum Gasteiger partial charge on any atom is -0.315 e. The van der Waals surface area contributed by atoms with Crippen molar-refractivity contribution in [3.8, 4) is 12.3 Å². The van der Waals surface area contributed by atoms with E-state index < -0.39 is 0 Å². The zero-order chi connectivity index (χ0) is 8.81. The monoisotopic (exact) mass is 166 g/mol. The Morgan fingerprint density at radius 1 is 1.42 bits per heavy atom. The molecule has 2 N–H and O–H groups in total. The summed E-state index contributed by atoms with van der Waals surface area (Å²) in [4.78, 5) is 0. The average molecular weight is 166 g/mol. The Kier molecular flexibility index (Phi) is 4.13. The van der Waals surface area contributed by atoms with Crippen LogP contribution in [-0.2, 0) is 0 Å². The average Bonchev–Trinajstić information content (AvgIpc) is 2.74. The van der Waals surface area contributed by atoms with Crippen molar-refractivity contribution < 1.29 is 0 Å². The lowest BCUT2D eigenvalue weighted by molar-refractivity contribution is 0.590. The smallest absolute Gasteiger partial charge is 0.0574 e. The van der Waals surface area contributed by atoms with E-state index in [1.54, 1.807) is 0 Å². The Morgan fingerprint density at radius 3 is 2.67 bits per heavy atom. The van der Waals surface area contributed by atoms with Crippen LogP contribution in [0.25, 0.3) is 0 Å². The first kappa shape index (κ1) is 9.57. The van der Waals surface area contributed by atoms with Gasteiger partial charge in [-0.3, -0.25) is 0 Å². The first-order valence-corrected chi connectivity index (χ1v) is 4.69. The summed E-state index contributed by atoms with van der Waals surface area (Å²) >= 11 is 0. The van der Waals surface area contributed by atoms with E-state index in [0.717, 1.165) is 24.9 Å². The highest BCUT2D eigenvalue weighted by Gasteiger charge is 2.31. The summed E-state index contributed by atoms with van der Waals surface area (Å²) in [6.45, 7) is 6.18. The van der Waals surface area contributed by atoms with Crippen LogP contribution in [0.15, 0.2) is 0 Å². The summed E-state index contributed by atoms with van der Waals surface area (Å²) in [5, 5.41) is 6.55. The van der Waals surface area contributed by atoms with Crippen LogP contribution >= 0.6 is 0 Å². The van der Waals surface area contributed by atoms with Crippen LogP contribution in [0.5, 0.6) is 0 Å². The lowest BCUT2D eigenvalue weighted by Crippen LogP contribution is -2.28. The van der Waals surface area contributed by atoms with Gasteiger partial charge in [0.2, 0.25) is 0 Å². The van der Waals surface area contributed by atoms with Gasteiger partial charge in [-0.2, -0.15) is 0 Å². The number of terminal acetylenes is 1. The molecule has 12 heavy (non-hydrogen) atoms. The molecule has 0 aromatic carbocycles. The van der Waals surface area contributed by atoms with E-state index in [4.69, 9.17) is 6.42 Å². The van der Waals surface area contributed by atoms with E-state index >= 15 is 0 Å². The Labute approximate surface area is 75.1 Å². The maximum atomic E-state index is 5.09. The van der Waals surface area contributed by atoms with E-state index in [-0.39, 0.29) is 0 Å². The molecule has 0 bridgehead atoms. The fourth-order valence-electron chi connectivity index (χ4n) is 1.31. The molecule has 0 saturated heterocycles. The van der Waals surface area contributed by atoms with Crippen molar-refractivity contribution in [3.63, 3.8) is 0 Å². The van der Waals surface area contributed by atoms with E-state index in [9.17, 15) is 0 Å². The molecule has 1 fully saturated rings. The molecule has 2 nitrogen and oxygen atoms in total. The Morgan fingerprint density at radius 2 is 2.08 bits per heavy atom. The van der Waals surface area contributed by atoms with Gasteiger partial charge < -0.3 is 10.6 Å². The summed E-state index contributed by atoms with van der Waals surface area (Å²) in [5.41, 5.74) is 0. The van der Waals surface area contributed by atoms with Gasteiger partial charge in [-0.05, 0) is 24.8 Å². The summed E-state index contributed by atoms with van der Waals surface area (Å²) in [6, 6.07) is 0. The van der Waals surface area contributed by atoms with Gasteiger partial charge >= 0.3 is 0 Å². The first-order chi connectivity index (χ1) is 5.84. The van der Waals surface area contributed by atoms with Crippen LogP contribution < -0.4 is 10.6 Å². The molecule has 68 valence electrons. The van der Waals surface area contributed by atoms with Gasteiger partial charge in [-0.25, -0.2) is 0 Å². The van der Waals surface area contributed by atoms with E-state index in [0.29, 0.717) is 6.54 Å². The predicted molar refractivity (Wildman–Crippen MR) is 51.8 cm³/mol. The topological polar surface area (TPSA) is 24.1 Å². The molecule has 0 spiro atoms. The number of rotatable bonds is 6. The molecule has 2 unspecified atom stereocenters. The lowest BCUT2D eigenvalue weighted by Gasteiger charge is -2.03. The molecular weight excluding hydrogens is 148 g/mol. The van der Waals surface area contributed by atoms with Crippen LogP contribution in [0.2, 0.25) is 0 Å². The fraction of sp³-hybridized carbons (Fsp3) is 0.800. The highest BCUT2D eigenvalue weighted by molar-refractivity contribution is 4.86. The third-order valence-corrected chi connectivity index (χ3v) is 2.39. The van der Waals surface area contributed by atoms with E-state index in [1.165, 1.54) is 13.0 Å². The SMILES string of the molecule is C#CCNCCNCC1CC1C. The van der Waals surface area contributed by atoms with Crippen LogP contribution in [0.1, 0.15) is 13.3 Å². The van der Waals surface area contributed by atoms with Crippen molar-refractivity contribution in [2.24, 2.45) is 11.8 Å². The van der Waals surface area contributed by atoms with Crippen LogP contribution in [-0.4, -0.2) is 26.2 Å². The van der Waals surface area contributed by atoms with Crippen molar-refractivity contribution in [1.29, 1.82) is 0 Å². The highest BCUT2D eigenvalue weighted by atomic mass is 14.9. The van der Waals surface area contributed by atoms with Crippen molar-refractivity contribution in [2.75, 3.05) is 26.2 Å². The molecule has 1 saturated carbocycles. The second-order valence-electron chi connectivity index (χ2n) is 3.56. The summed E-state index contributed by atoms with van der Waals surface area (Å²) in [6.07, 6.45) is 6.49. The maximum Gasteiger partial charge on any atom is 0.0574 e. The van der Waals surface area contributed by atoms with Crippen LogP contribution in [0.4, 0.5) is 0 Å². The summed E-state index contributed by atoms with van der Waals surface area (Å²) < 4.78 is 0. The van der Waals surface area contributed by atoms with Gasteiger partial charge in [0.25, 0.3) is 0 Å². The molecule has 0 heterocycles. The molecule has 2 atom stereocenters. The molecule has 1 aliphatic carbocycles. The third-order valence-electron chi connectivity index (χ3n) is 2.39. The lowest BCUT2D eigenvalue weighted by atomic mass is 10.3. The molecule has 0 radical (unpaired) electrons. The number of hydrogen-bond donors (Lipinski definition) is 2. The molecular formula is C10H18N2. The van der Waals surface area contributed by atoms with Crippen LogP contribution in [0, 0.1) is 24.2 Å². The van der Waals surface area contributed by atoms with Crippen molar-refractivity contribution >= 4 is 0 Å². The maximum absolute atomic E-state index is 5.09. The Balaban J connectivity index is 1.75. The third kappa shape index (κ3) is 3.75. The van der Waals surface area contributed by atoms with Crippen LogP contribution in [0.3, 0.4) is 0 Å². The van der Waals surface area contributed by atoms with Crippen molar-refractivity contribution in [2.45, 2.75) is 13.3 Å². The van der Waals surface area contributed by atoms with Gasteiger partial charge in [-0.1, -0.05) is 12.8 Å². The predicted octanol–water partition coefficient (Wildman–Crippen LogP) is 0.455. The fourth-order valence-corrected chi connectivity index (χ4v) is 1.31. The minimum atomic E-state index is 0.682. The van der Waals surface area contributed by atoms with Gasteiger partial charge in [0, 0.05) is 13.1 Å². The molecule has 0 aliphatic heterocycles. The Bertz CT molecular complexity index is 160. The standard InChI is InChI=1S/C10H18N2/c1-3-4-11-5-6-12-8-10-7-9(10)2/h1,9-12H,4-8H2,2H3. The summed E-state index contributed by atoms with van der Waals surface area (Å²) in [7, 11) is 0. The molecule has 1 aliphatic rings. The zero-order valence-electron chi connectivity index (χ0n) is 7.77. The molecule has 0 aromatic heterocycles. The van der Waals surface area contributed by atoms with E-state index in [2.05, 4.69) is 23.5 Å². The largest absolute Gasteiger partial charge is 0.315 e. The second kappa shape index (κ2) is 5.18. The molecule has 1 rings (SSSR count). The molecule has 0 aromatic rings.